The molecule has 126 valence electrons. The van der Waals surface area contributed by atoms with E-state index in [2.05, 4.69) is 15.5 Å². The minimum Gasteiger partial charge on any atom is -0.381 e. The molecule has 0 aromatic carbocycles. The van der Waals surface area contributed by atoms with Gasteiger partial charge in [-0.05, 0) is 58.2 Å². The Labute approximate surface area is 134 Å². The summed E-state index contributed by atoms with van der Waals surface area (Å²) in [6, 6.07) is 0.389. The molecule has 1 unspecified atom stereocenters. The van der Waals surface area contributed by atoms with Crippen LogP contribution in [0, 0.1) is 0 Å². The molecular weight excluding hydrogens is 278 g/mol. The highest BCUT2D eigenvalue weighted by Crippen LogP contribution is 2.30. The number of nitrogens with one attached hydrogen (secondary N) is 2. The zero-order valence-electron chi connectivity index (χ0n) is 13.7. The molecule has 5 heteroatoms. The Bertz CT molecular complexity index is 357. The lowest BCUT2D eigenvalue weighted by Gasteiger charge is -2.48. The maximum Gasteiger partial charge on any atom is 0.221 e. The maximum absolute atomic E-state index is 12.3. The first-order valence-electron chi connectivity index (χ1n) is 9.11. The fourth-order valence-corrected chi connectivity index (χ4v) is 4.21. The summed E-state index contributed by atoms with van der Waals surface area (Å²) >= 11 is 0. The summed E-state index contributed by atoms with van der Waals surface area (Å²) in [6.07, 6.45) is 9.01. The SMILES string of the molecule is O=C(CC1CCCN1)NCC1(N2CCCCC2)CCOCC1. The van der Waals surface area contributed by atoms with E-state index >= 15 is 0 Å². The number of carbonyl (C=O) groups excluding carboxylic acids is 1. The molecule has 3 fully saturated rings. The second-order valence-corrected chi connectivity index (χ2v) is 7.16. The molecule has 0 saturated carbocycles. The number of hydrogen-bond acceptors (Lipinski definition) is 4. The van der Waals surface area contributed by atoms with Crippen LogP contribution in [0.2, 0.25) is 0 Å². The smallest absolute Gasteiger partial charge is 0.221 e. The van der Waals surface area contributed by atoms with Crippen LogP contribution in [-0.2, 0) is 9.53 Å². The normalized spacial score (nSPS) is 29.4. The van der Waals surface area contributed by atoms with Crippen LogP contribution < -0.4 is 10.6 Å². The Hall–Kier alpha value is -0.650. The van der Waals surface area contributed by atoms with E-state index in [1.165, 1.54) is 38.8 Å². The lowest BCUT2D eigenvalue weighted by atomic mass is 9.86. The predicted molar refractivity (Wildman–Crippen MR) is 86.9 cm³/mol. The molecule has 0 aromatic heterocycles. The van der Waals surface area contributed by atoms with Gasteiger partial charge < -0.3 is 15.4 Å². The molecule has 0 bridgehead atoms. The molecule has 0 spiro atoms. The third kappa shape index (κ3) is 4.00. The molecule has 22 heavy (non-hydrogen) atoms. The van der Waals surface area contributed by atoms with Crippen molar-refractivity contribution in [1.29, 1.82) is 0 Å². The van der Waals surface area contributed by atoms with Gasteiger partial charge in [-0.2, -0.15) is 0 Å². The molecule has 3 heterocycles. The molecule has 0 radical (unpaired) electrons. The molecule has 0 aromatic rings. The molecule has 3 aliphatic heterocycles. The highest BCUT2D eigenvalue weighted by molar-refractivity contribution is 5.76. The third-order valence-electron chi connectivity index (χ3n) is 5.66. The van der Waals surface area contributed by atoms with Crippen LogP contribution >= 0.6 is 0 Å². The Balaban J connectivity index is 1.53. The number of ether oxygens (including phenoxy) is 1. The van der Waals surface area contributed by atoms with Gasteiger partial charge >= 0.3 is 0 Å². The van der Waals surface area contributed by atoms with Gasteiger partial charge in [-0.3, -0.25) is 9.69 Å². The van der Waals surface area contributed by atoms with E-state index in [9.17, 15) is 4.79 Å². The Morgan fingerprint density at radius 3 is 2.64 bits per heavy atom. The standard InChI is InChI=1S/C17H31N3O2/c21-16(13-15-5-4-8-18-15)19-14-17(6-11-22-12-7-17)20-9-2-1-3-10-20/h15,18H,1-14H2,(H,19,21). The maximum atomic E-state index is 12.3. The molecule has 3 rings (SSSR count). The summed E-state index contributed by atoms with van der Waals surface area (Å²) in [5.41, 5.74) is 0.136. The average Bonchev–Trinajstić information content (AvgIpc) is 3.08. The summed E-state index contributed by atoms with van der Waals surface area (Å²) in [6.45, 7) is 5.88. The van der Waals surface area contributed by atoms with E-state index in [0.717, 1.165) is 45.6 Å². The number of nitrogens with zero attached hydrogens (tertiary/aromatic N) is 1. The highest BCUT2D eigenvalue weighted by atomic mass is 16.5. The molecule has 5 nitrogen and oxygen atoms in total. The van der Waals surface area contributed by atoms with Crippen LogP contribution in [0.3, 0.4) is 0 Å². The second-order valence-electron chi connectivity index (χ2n) is 7.16. The van der Waals surface area contributed by atoms with Crippen molar-refractivity contribution in [2.24, 2.45) is 0 Å². The Kier molecular flexibility index (Phi) is 5.71. The van der Waals surface area contributed by atoms with Gasteiger partial charge in [0.1, 0.15) is 0 Å². The van der Waals surface area contributed by atoms with Crippen LogP contribution in [-0.4, -0.2) is 61.8 Å². The van der Waals surface area contributed by atoms with Crippen LogP contribution in [0.15, 0.2) is 0 Å². The van der Waals surface area contributed by atoms with Crippen LogP contribution in [0.5, 0.6) is 0 Å². The second kappa shape index (κ2) is 7.75. The fraction of sp³-hybridized carbons (Fsp3) is 0.941. The van der Waals surface area contributed by atoms with Crippen molar-refractivity contribution in [1.82, 2.24) is 15.5 Å². The van der Waals surface area contributed by atoms with Crippen LogP contribution in [0.1, 0.15) is 51.4 Å². The van der Waals surface area contributed by atoms with Gasteiger partial charge in [0.25, 0.3) is 0 Å². The number of rotatable bonds is 5. The van der Waals surface area contributed by atoms with Gasteiger partial charge in [-0.25, -0.2) is 0 Å². The summed E-state index contributed by atoms with van der Waals surface area (Å²) in [5, 5.41) is 6.65. The van der Waals surface area contributed by atoms with Crippen LogP contribution in [0.4, 0.5) is 0 Å². The van der Waals surface area contributed by atoms with Crippen LogP contribution in [0.25, 0.3) is 0 Å². The van der Waals surface area contributed by atoms with E-state index in [4.69, 9.17) is 4.74 Å². The van der Waals surface area contributed by atoms with Crippen molar-refractivity contribution >= 4 is 5.91 Å². The van der Waals surface area contributed by atoms with Gasteiger partial charge in [0.15, 0.2) is 0 Å². The van der Waals surface area contributed by atoms with Crippen molar-refractivity contribution < 1.29 is 9.53 Å². The van der Waals surface area contributed by atoms with Crippen molar-refractivity contribution in [3.63, 3.8) is 0 Å². The summed E-state index contributed by atoms with van der Waals surface area (Å²) in [4.78, 5) is 14.9. The van der Waals surface area contributed by atoms with Gasteiger partial charge in [0.2, 0.25) is 5.91 Å². The van der Waals surface area contributed by atoms with E-state index < -0.39 is 0 Å². The summed E-state index contributed by atoms with van der Waals surface area (Å²) in [5.74, 6) is 0.210. The zero-order valence-corrected chi connectivity index (χ0v) is 13.7. The molecular formula is C17H31N3O2. The summed E-state index contributed by atoms with van der Waals surface area (Å²) < 4.78 is 5.58. The van der Waals surface area contributed by atoms with Crippen molar-refractivity contribution in [2.75, 3.05) is 39.4 Å². The number of amides is 1. The molecule has 1 atom stereocenters. The monoisotopic (exact) mass is 309 g/mol. The minimum atomic E-state index is 0.136. The highest BCUT2D eigenvalue weighted by Gasteiger charge is 2.39. The van der Waals surface area contributed by atoms with Crippen molar-refractivity contribution in [3.05, 3.63) is 0 Å². The fourth-order valence-electron chi connectivity index (χ4n) is 4.21. The van der Waals surface area contributed by atoms with Gasteiger partial charge in [-0.15, -0.1) is 0 Å². The van der Waals surface area contributed by atoms with Crippen molar-refractivity contribution in [3.8, 4) is 0 Å². The van der Waals surface area contributed by atoms with Gasteiger partial charge in [-0.1, -0.05) is 6.42 Å². The summed E-state index contributed by atoms with van der Waals surface area (Å²) in [7, 11) is 0. The average molecular weight is 309 g/mol. The first-order chi connectivity index (χ1) is 10.8. The molecule has 1 amide bonds. The van der Waals surface area contributed by atoms with E-state index in [1.54, 1.807) is 0 Å². The van der Waals surface area contributed by atoms with Gasteiger partial charge in [0.05, 0.1) is 0 Å². The predicted octanol–water partition coefficient (Wildman–Crippen LogP) is 1.28. The van der Waals surface area contributed by atoms with E-state index in [1.807, 2.05) is 0 Å². The largest absolute Gasteiger partial charge is 0.381 e. The topological polar surface area (TPSA) is 53.6 Å². The first-order valence-corrected chi connectivity index (χ1v) is 9.11. The first kappa shape index (κ1) is 16.2. The lowest BCUT2D eigenvalue weighted by Crippen LogP contribution is -2.59. The van der Waals surface area contributed by atoms with Crippen molar-refractivity contribution in [2.45, 2.75) is 62.9 Å². The quantitative estimate of drug-likeness (QED) is 0.803. The minimum absolute atomic E-state index is 0.136. The molecule has 2 N–H and O–H groups in total. The number of likely N-dealkylation sites (tertiary alicyclic amines) is 1. The Morgan fingerprint density at radius 1 is 1.18 bits per heavy atom. The molecule has 3 aliphatic rings. The number of hydrogen-bond donors (Lipinski definition) is 2. The van der Waals surface area contributed by atoms with Gasteiger partial charge in [0, 0.05) is 37.8 Å². The molecule has 3 saturated heterocycles. The number of carbonyl (C=O) groups is 1. The number of piperidine rings is 1. The van der Waals surface area contributed by atoms with E-state index in [-0.39, 0.29) is 11.4 Å². The molecule has 0 aliphatic carbocycles. The van der Waals surface area contributed by atoms with E-state index in [0.29, 0.717) is 12.5 Å². The lowest BCUT2D eigenvalue weighted by molar-refractivity contribution is -0.123. The third-order valence-corrected chi connectivity index (χ3v) is 5.66. The zero-order chi connectivity index (χ0) is 15.3. The Morgan fingerprint density at radius 2 is 1.95 bits per heavy atom.